The number of hydrogen-bond acceptors (Lipinski definition) is 15. The van der Waals surface area contributed by atoms with Crippen LogP contribution < -0.4 is 0 Å². The SMILES string of the molecule is CCCCCCCCCCCCCCCCCCCCCCCC(=O)OC[C@H](COP(=O)(O)OC[C@@H](O)COP(=O)(O)OC[C@@H](COC(=O)CCCCCCCCC(C)CC)OC(=O)CCCCCCCCCCCCCCC(C)C)OC(=O)CCCCCCCCCCCCCCCCCCCCC(C)CC. The van der Waals surface area contributed by atoms with Gasteiger partial charge < -0.3 is 33.8 Å². The Hall–Kier alpha value is -1.94. The Labute approximate surface area is 664 Å². The van der Waals surface area contributed by atoms with Crippen LogP contribution >= 0.6 is 15.6 Å². The molecule has 642 valence electrons. The van der Waals surface area contributed by atoms with E-state index < -0.39 is 97.5 Å². The number of carbonyl (C=O) groups is 4. The average Bonchev–Trinajstić information content (AvgIpc) is 0.896. The number of phosphoric acid groups is 2. The summed E-state index contributed by atoms with van der Waals surface area (Å²) in [6.07, 6.45) is 71.0. The minimum Gasteiger partial charge on any atom is -0.462 e. The second-order valence-corrected chi connectivity index (χ2v) is 35.9. The van der Waals surface area contributed by atoms with Gasteiger partial charge in [-0.2, -0.15) is 0 Å². The number of rotatable bonds is 87. The van der Waals surface area contributed by atoms with E-state index in [9.17, 15) is 43.2 Å². The Balaban J connectivity index is 5.22. The summed E-state index contributed by atoms with van der Waals surface area (Å²) < 4.78 is 69.0. The number of carbonyl (C=O) groups excluding carboxylic acids is 4. The van der Waals surface area contributed by atoms with E-state index in [0.717, 1.165) is 114 Å². The van der Waals surface area contributed by atoms with Gasteiger partial charge in [0.2, 0.25) is 0 Å². The summed E-state index contributed by atoms with van der Waals surface area (Å²) in [6.45, 7) is 12.0. The smallest absolute Gasteiger partial charge is 0.462 e. The highest BCUT2D eigenvalue weighted by Gasteiger charge is 2.31. The van der Waals surface area contributed by atoms with Crippen molar-refractivity contribution in [3.8, 4) is 0 Å². The van der Waals surface area contributed by atoms with E-state index in [0.29, 0.717) is 25.7 Å². The van der Waals surface area contributed by atoms with Gasteiger partial charge in [-0.15, -0.1) is 0 Å². The van der Waals surface area contributed by atoms with Crippen molar-refractivity contribution >= 4 is 39.5 Å². The molecule has 19 heteroatoms. The van der Waals surface area contributed by atoms with Crippen LogP contribution in [0.25, 0.3) is 0 Å². The van der Waals surface area contributed by atoms with Crippen molar-refractivity contribution < 1.29 is 80.2 Å². The van der Waals surface area contributed by atoms with Crippen LogP contribution in [0.5, 0.6) is 0 Å². The Kier molecular flexibility index (Phi) is 77.5. The van der Waals surface area contributed by atoms with E-state index in [1.807, 2.05) is 0 Å². The first-order valence-corrected chi connectivity index (χ1v) is 48.9. The molecule has 0 bridgehead atoms. The van der Waals surface area contributed by atoms with Gasteiger partial charge in [0.25, 0.3) is 0 Å². The van der Waals surface area contributed by atoms with Crippen LogP contribution in [0, 0.1) is 17.8 Å². The normalized spacial score (nSPS) is 14.3. The van der Waals surface area contributed by atoms with E-state index in [1.54, 1.807) is 0 Å². The Bertz CT molecular complexity index is 2080. The molecule has 0 heterocycles. The third-order valence-corrected chi connectivity index (χ3v) is 23.5. The lowest BCUT2D eigenvalue weighted by molar-refractivity contribution is -0.161. The Morgan fingerprint density at radius 2 is 0.472 bits per heavy atom. The van der Waals surface area contributed by atoms with E-state index >= 15 is 0 Å². The number of unbranched alkanes of at least 4 members (excludes halogenated alkanes) is 53. The number of ether oxygens (including phenoxy) is 4. The predicted octanol–water partition coefficient (Wildman–Crippen LogP) is 27.3. The molecule has 0 aromatic carbocycles. The van der Waals surface area contributed by atoms with Crippen LogP contribution in [0.2, 0.25) is 0 Å². The molecule has 0 saturated carbocycles. The highest BCUT2D eigenvalue weighted by Crippen LogP contribution is 2.45. The van der Waals surface area contributed by atoms with Crippen LogP contribution in [-0.4, -0.2) is 96.7 Å². The molecule has 0 aromatic heterocycles. The zero-order valence-corrected chi connectivity index (χ0v) is 73.1. The van der Waals surface area contributed by atoms with E-state index in [-0.39, 0.29) is 25.7 Å². The second-order valence-electron chi connectivity index (χ2n) is 32.9. The third kappa shape index (κ3) is 79.3. The standard InChI is InChI=1S/C89H174O17P2/c1-8-11-12-13-14-15-16-17-18-19-20-21-22-26-29-32-38-43-48-56-63-70-86(91)99-76-84(105-88(93)72-65-58-49-44-39-33-30-27-24-23-25-28-31-37-42-47-54-61-68-81(6)9-2)78-103-107(95,96)101-74-83(90)75-102-108(97,98)104-79-85(77-100-87(92)71-64-57-52-51-55-62-69-82(7)10-3)106-89(94)73-66-59-50-45-40-35-34-36-41-46-53-60-67-80(4)5/h80-85,90H,8-79H2,1-7H3,(H,95,96)(H,97,98)/t81?,82?,83-,84-,85-/m1/s1. The quantitative estimate of drug-likeness (QED) is 0.0222. The molecule has 0 aliphatic heterocycles. The first-order valence-electron chi connectivity index (χ1n) is 45.9. The van der Waals surface area contributed by atoms with Crippen LogP contribution in [0.4, 0.5) is 0 Å². The van der Waals surface area contributed by atoms with Crippen molar-refractivity contribution in [3.05, 3.63) is 0 Å². The fourth-order valence-corrected chi connectivity index (χ4v) is 15.4. The summed E-state index contributed by atoms with van der Waals surface area (Å²) in [5, 5.41) is 10.7. The van der Waals surface area contributed by atoms with Crippen molar-refractivity contribution in [2.24, 2.45) is 17.8 Å². The van der Waals surface area contributed by atoms with Gasteiger partial charge in [-0.25, -0.2) is 9.13 Å². The average molecular weight is 1580 g/mol. The molecule has 3 N–H and O–H groups in total. The molecule has 0 rings (SSSR count). The summed E-state index contributed by atoms with van der Waals surface area (Å²) in [4.78, 5) is 73.3. The fourth-order valence-electron chi connectivity index (χ4n) is 13.8. The van der Waals surface area contributed by atoms with E-state index in [2.05, 4.69) is 48.5 Å². The number of esters is 4. The summed E-state index contributed by atoms with van der Waals surface area (Å²) in [7, 11) is -9.93. The molecule has 17 nitrogen and oxygen atoms in total. The van der Waals surface area contributed by atoms with Gasteiger partial charge in [0, 0.05) is 25.7 Å². The molecule has 0 saturated heterocycles. The summed E-state index contributed by atoms with van der Waals surface area (Å²) in [5.41, 5.74) is 0. The zero-order valence-electron chi connectivity index (χ0n) is 71.3. The Morgan fingerprint density at radius 3 is 0.704 bits per heavy atom. The van der Waals surface area contributed by atoms with Gasteiger partial charge in [0.15, 0.2) is 12.2 Å². The highest BCUT2D eigenvalue weighted by molar-refractivity contribution is 7.47. The lowest BCUT2D eigenvalue weighted by Crippen LogP contribution is -2.30. The maximum atomic E-state index is 13.2. The van der Waals surface area contributed by atoms with Crippen molar-refractivity contribution in [2.75, 3.05) is 39.6 Å². The second kappa shape index (κ2) is 78.9. The van der Waals surface area contributed by atoms with Gasteiger partial charge in [-0.1, -0.05) is 421 Å². The van der Waals surface area contributed by atoms with Crippen LogP contribution in [0.3, 0.4) is 0 Å². The molecule has 7 atom stereocenters. The molecule has 0 fully saturated rings. The minimum absolute atomic E-state index is 0.106. The topological polar surface area (TPSA) is 237 Å². The number of phosphoric ester groups is 2. The number of aliphatic hydroxyl groups is 1. The van der Waals surface area contributed by atoms with Gasteiger partial charge in [0.05, 0.1) is 26.4 Å². The third-order valence-electron chi connectivity index (χ3n) is 21.6. The van der Waals surface area contributed by atoms with Crippen LogP contribution in [0.15, 0.2) is 0 Å². The monoisotopic (exact) mass is 1580 g/mol. The van der Waals surface area contributed by atoms with Gasteiger partial charge in [0.1, 0.15) is 19.3 Å². The van der Waals surface area contributed by atoms with Gasteiger partial charge in [-0.05, 0) is 43.4 Å². The molecule has 4 unspecified atom stereocenters. The molecule has 0 amide bonds. The van der Waals surface area contributed by atoms with Crippen molar-refractivity contribution in [1.29, 1.82) is 0 Å². The first kappa shape index (κ1) is 106. The lowest BCUT2D eigenvalue weighted by Gasteiger charge is -2.21. The summed E-state index contributed by atoms with van der Waals surface area (Å²) in [6, 6.07) is 0. The molecule has 0 aliphatic carbocycles. The molecular weight excluding hydrogens is 1400 g/mol. The van der Waals surface area contributed by atoms with Gasteiger partial charge >= 0.3 is 39.5 Å². The van der Waals surface area contributed by atoms with Crippen LogP contribution in [-0.2, 0) is 65.4 Å². The first-order chi connectivity index (χ1) is 52.3. The molecule has 108 heavy (non-hydrogen) atoms. The maximum Gasteiger partial charge on any atom is 0.472 e. The van der Waals surface area contributed by atoms with E-state index in [1.165, 1.54) is 276 Å². The van der Waals surface area contributed by atoms with E-state index in [4.69, 9.17) is 37.0 Å². The molecule has 0 aliphatic rings. The summed E-state index contributed by atoms with van der Waals surface area (Å²) >= 11 is 0. The number of aliphatic hydroxyl groups excluding tert-OH is 1. The molecule has 0 radical (unpaired) electrons. The van der Waals surface area contributed by atoms with Crippen molar-refractivity contribution in [3.63, 3.8) is 0 Å². The molecular formula is C89H174O17P2. The highest BCUT2D eigenvalue weighted by atomic mass is 31.2. The largest absolute Gasteiger partial charge is 0.472 e. The van der Waals surface area contributed by atoms with Crippen molar-refractivity contribution in [1.82, 2.24) is 0 Å². The zero-order chi connectivity index (χ0) is 79.3. The van der Waals surface area contributed by atoms with Crippen molar-refractivity contribution in [2.45, 2.75) is 491 Å². The predicted molar refractivity (Wildman–Crippen MR) is 446 cm³/mol. The maximum absolute atomic E-state index is 13.2. The Morgan fingerprint density at radius 1 is 0.269 bits per heavy atom. The van der Waals surface area contributed by atoms with Crippen LogP contribution in [0.1, 0.15) is 472 Å². The lowest BCUT2D eigenvalue weighted by atomic mass is 9.99. The molecule has 0 aromatic rings. The molecule has 0 spiro atoms. The summed E-state index contributed by atoms with van der Waals surface area (Å²) in [5.74, 6) is 0.274. The fraction of sp³-hybridized carbons (Fsp3) is 0.955. The van der Waals surface area contributed by atoms with Gasteiger partial charge in [-0.3, -0.25) is 37.3 Å². The number of hydrogen-bond donors (Lipinski definition) is 3. The minimum atomic E-state index is -4.97.